The summed E-state index contributed by atoms with van der Waals surface area (Å²) in [5.41, 5.74) is 4.00. The maximum atomic E-state index is 5.56. The zero-order valence-corrected chi connectivity index (χ0v) is 17.9. The number of fused-ring (bicyclic) bond motifs is 1. The van der Waals surface area contributed by atoms with Gasteiger partial charge in [-0.3, -0.25) is 0 Å². The second kappa shape index (κ2) is 10.0. The number of aliphatic imine (C=N–C) groups is 1. The van der Waals surface area contributed by atoms with E-state index in [2.05, 4.69) is 54.1 Å². The van der Waals surface area contributed by atoms with Crippen LogP contribution in [0.25, 0.3) is 0 Å². The molecule has 6 heteroatoms. The lowest BCUT2D eigenvalue weighted by molar-refractivity contribution is 0.357. The van der Waals surface area contributed by atoms with Gasteiger partial charge in [-0.2, -0.15) is 0 Å². The van der Waals surface area contributed by atoms with Crippen LogP contribution < -0.4 is 15.4 Å². The molecule has 0 aliphatic carbocycles. The van der Waals surface area contributed by atoms with Crippen molar-refractivity contribution in [1.82, 2.24) is 10.6 Å². The fourth-order valence-corrected chi connectivity index (χ4v) is 3.61. The van der Waals surface area contributed by atoms with E-state index in [0.717, 1.165) is 50.8 Å². The van der Waals surface area contributed by atoms with Crippen LogP contribution in [0.1, 0.15) is 28.5 Å². The van der Waals surface area contributed by atoms with Gasteiger partial charge in [0.1, 0.15) is 5.75 Å². The molecule has 0 fully saturated rings. The number of rotatable bonds is 6. The van der Waals surface area contributed by atoms with Crippen LogP contribution in [0.15, 0.2) is 34.6 Å². The highest BCUT2D eigenvalue weighted by molar-refractivity contribution is 14.0. The standard InChI is InChI=1S/C19H25N3OS.HI/c1-3-20-19(22-13-18-14(2)8-11-24-18)21-9-6-15-4-5-17-16(12-15)7-10-23-17;/h4-5,8,11-12H,3,6-7,9-10,13H2,1-2H3,(H2,20,21,22);1H. The summed E-state index contributed by atoms with van der Waals surface area (Å²) < 4.78 is 5.56. The van der Waals surface area contributed by atoms with Crippen molar-refractivity contribution in [2.75, 3.05) is 19.7 Å². The molecule has 0 atom stereocenters. The summed E-state index contributed by atoms with van der Waals surface area (Å²) in [6.07, 6.45) is 2.01. The SMILES string of the molecule is CCNC(=NCc1sccc1C)NCCc1ccc2c(c1)CCO2.I. The van der Waals surface area contributed by atoms with Crippen LogP contribution in [0.3, 0.4) is 0 Å². The minimum absolute atomic E-state index is 0. The van der Waals surface area contributed by atoms with Gasteiger partial charge in [-0.05, 0) is 54.5 Å². The molecule has 1 aliphatic heterocycles. The maximum absolute atomic E-state index is 5.56. The maximum Gasteiger partial charge on any atom is 0.191 e. The van der Waals surface area contributed by atoms with Gasteiger partial charge >= 0.3 is 0 Å². The van der Waals surface area contributed by atoms with Gasteiger partial charge in [0.2, 0.25) is 0 Å². The van der Waals surface area contributed by atoms with Crippen molar-refractivity contribution in [2.24, 2.45) is 4.99 Å². The molecular formula is C19H26IN3OS. The molecule has 0 unspecified atom stereocenters. The van der Waals surface area contributed by atoms with Gasteiger partial charge in [0, 0.05) is 24.4 Å². The molecule has 3 rings (SSSR count). The largest absolute Gasteiger partial charge is 0.493 e. The van der Waals surface area contributed by atoms with Gasteiger partial charge in [0.05, 0.1) is 13.2 Å². The van der Waals surface area contributed by atoms with Crippen LogP contribution >= 0.6 is 35.3 Å². The Labute approximate surface area is 171 Å². The van der Waals surface area contributed by atoms with Crippen LogP contribution in [-0.2, 0) is 19.4 Å². The second-order valence-corrected chi connectivity index (χ2v) is 6.94. The Hall–Kier alpha value is -1.28. The van der Waals surface area contributed by atoms with E-state index in [1.165, 1.54) is 21.6 Å². The zero-order valence-electron chi connectivity index (χ0n) is 14.8. The Morgan fingerprint density at radius 2 is 2.16 bits per heavy atom. The molecule has 4 nitrogen and oxygen atoms in total. The third-order valence-corrected chi connectivity index (χ3v) is 5.16. The van der Waals surface area contributed by atoms with Crippen molar-refractivity contribution < 1.29 is 4.74 Å². The number of hydrogen-bond donors (Lipinski definition) is 2. The first-order valence-electron chi connectivity index (χ1n) is 8.56. The fraction of sp³-hybridized carbons (Fsp3) is 0.421. The molecule has 2 aromatic rings. The third-order valence-electron chi connectivity index (χ3n) is 4.15. The summed E-state index contributed by atoms with van der Waals surface area (Å²) >= 11 is 1.77. The summed E-state index contributed by atoms with van der Waals surface area (Å²) in [5.74, 6) is 1.93. The topological polar surface area (TPSA) is 45.7 Å². The van der Waals surface area contributed by atoms with Crippen molar-refractivity contribution in [2.45, 2.75) is 33.2 Å². The molecule has 25 heavy (non-hydrogen) atoms. The minimum atomic E-state index is 0. The Kier molecular flexibility index (Phi) is 8.02. The molecule has 2 heterocycles. The van der Waals surface area contributed by atoms with Crippen molar-refractivity contribution in [3.63, 3.8) is 0 Å². The Morgan fingerprint density at radius 1 is 1.28 bits per heavy atom. The summed E-state index contributed by atoms with van der Waals surface area (Å²) in [6, 6.07) is 8.66. The van der Waals surface area contributed by atoms with Gasteiger partial charge < -0.3 is 15.4 Å². The van der Waals surface area contributed by atoms with E-state index in [0.29, 0.717) is 0 Å². The van der Waals surface area contributed by atoms with Crippen LogP contribution in [-0.4, -0.2) is 25.7 Å². The first-order chi connectivity index (χ1) is 11.8. The summed E-state index contributed by atoms with van der Waals surface area (Å²) in [4.78, 5) is 6.02. The molecule has 1 aromatic carbocycles. The third kappa shape index (κ3) is 5.60. The lowest BCUT2D eigenvalue weighted by Crippen LogP contribution is -2.38. The highest BCUT2D eigenvalue weighted by Gasteiger charge is 2.11. The molecule has 0 bridgehead atoms. The lowest BCUT2D eigenvalue weighted by atomic mass is 10.1. The van der Waals surface area contributed by atoms with Gasteiger partial charge in [-0.25, -0.2) is 4.99 Å². The predicted octanol–water partition coefficient (Wildman–Crippen LogP) is 3.91. The molecule has 136 valence electrons. The molecule has 1 aliphatic rings. The summed E-state index contributed by atoms with van der Waals surface area (Å²) in [7, 11) is 0. The molecule has 1 aromatic heterocycles. The van der Waals surface area contributed by atoms with E-state index >= 15 is 0 Å². The average molecular weight is 471 g/mol. The number of nitrogens with one attached hydrogen (secondary N) is 2. The number of guanidine groups is 1. The smallest absolute Gasteiger partial charge is 0.191 e. The first kappa shape index (κ1) is 20.0. The highest BCUT2D eigenvalue weighted by Crippen LogP contribution is 2.25. The summed E-state index contributed by atoms with van der Waals surface area (Å²) in [6.45, 7) is 7.51. The number of thiophene rings is 1. The molecule has 0 saturated heterocycles. The molecule has 0 saturated carbocycles. The van der Waals surface area contributed by atoms with Gasteiger partial charge in [0.25, 0.3) is 0 Å². The zero-order chi connectivity index (χ0) is 16.8. The quantitative estimate of drug-likeness (QED) is 0.382. The predicted molar refractivity (Wildman–Crippen MR) is 117 cm³/mol. The number of aryl methyl sites for hydroxylation is 1. The van der Waals surface area contributed by atoms with Gasteiger partial charge in [-0.1, -0.05) is 12.1 Å². The van der Waals surface area contributed by atoms with Crippen molar-refractivity contribution in [3.05, 3.63) is 51.2 Å². The van der Waals surface area contributed by atoms with Crippen LogP contribution in [0.2, 0.25) is 0 Å². The Balaban J connectivity index is 0.00000225. The Bertz CT molecular complexity index is 714. The first-order valence-corrected chi connectivity index (χ1v) is 9.44. The van der Waals surface area contributed by atoms with Crippen molar-refractivity contribution in [1.29, 1.82) is 0 Å². The van der Waals surface area contributed by atoms with Crippen molar-refractivity contribution in [3.8, 4) is 5.75 Å². The van der Waals surface area contributed by atoms with Crippen LogP contribution in [0, 0.1) is 6.92 Å². The molecule has 0 radical (unpaired) electrons. The van der Waals surface area contributed by atoms with Gasteiger partial charge in [-0.15, -0.1) is 35.3 Å². The van der Waals surface area contributed by atoms with E-state index < -0.39 is 0 Å². The van der Waals surface area contributed by atoms with E-state index in [1.807, 2.05) is 0 Å². The van der Waals surface area contributed by atoms with Crippen molar-refractivity contribution >= 4 is 41.3 Å². The number of halogens is 1. The molecule has 2 N–H and O–H groups in total. The second-order valence-electron chi connectivity index (χ2n) is 5.94. The molecule has 0 amide bonds. The minimum Gasteiger partial charge on any atom is -0.493 e. The average Bonchev–Trinajstić information content (AvgIpc) is 3.21. The Morgan fingerprint density at radius 3 is 2.92 bits per heavy atom. The lowest BCUT2D eigenvalue weighted by Gasteiger charge is -2.11. The summed E-state index contributed by atoms with van der Waals surface area (Å²) in [5, 5.41) is 8.87. The van der Waals surface area contributed by atoms with Gasteiger partial charge in [0.15, 0.2) is 5.96 Å². The van der Waals surface area contributed by atoms with Crippen LogP contribution in [0.5, 0.6) is 5.75 Å². The number of ether oxygens (including phenoxy) is 1. The number of nitrogens with zero attached hydrogens (tertiary/aromatic N) is 1. The normalized spacial score (nSPS) is 13.0. The monoisotopic (exact) mass is 471 g/mol. The number of benzene rings is 1. The molecule has 0 spiro atoms. The van der Waals surface area contributed by atoms with Crippen LogP contribution in [0.4, 0.5) is 0 Å². The van der Waals surface area contributed by atoms with E-state index in [-0.39, 0.29) is 24.0 Å². The highest BCUT2D eigenvalue weighted by atomic mass is 127. The van der Waals surface area contributed by atoms with E-state index in [4.69, 9.17) is 9.73 Å². The van der Waals surface area contributed by atoms with E-state index in [9.17, 15) is 0 Å². The fourth-order valence-electron chi connectivity index (χ4n) is 2.78. The van der Waals surface area contributed by atoms with E-state index in [1.54, 1.807) is 11.3 Å². The number of hydrogen-bond acceptors (Lipinski definition) is 3. The molecular weight excluding hydrogens is 445 g/mol.